The number of aromatic nitrogens is 2. The SMILES string of the molecule is CC(C)N1CC2CC(C1)C2c1[nH]ncc1F. The van der Waals surface area contributed by atoms with Gasteiger partial charge in [0.2, 0.25) is 0 Å². The highest BCUT2D eigenvalue weighted by Gasteiger charge is 2.49. The van der Waals surface area contributed by atoms with Crippen LogP contribution >= 0.6 is 0 Å². The lowest BCUT2D eigenvalue weighted by Gasteiger charge is -2.54. The zero-order valence-electron chi connectivity index (χ0n) is 9.78. The molecule has 1 N–H and O–H groups in total. The van der Waals surface area contributed by atoms with Crippen molar-refractivity contribution in [2.75, 3.05) is 13.1 Å². The highest BCUT2D eigenvalue weighted by molar-refractivity contribution is 5.19. The van der Waals surface area contributed by atoms with Crippen LogP contribution in [-0.2, 0) is 0 Å². The predicted octanol–water partition coefficient (Wildman–Crippen LogP) is 1.99. The third-order valence-corrected chi connectivity index (χ3v) is 4.24. The highest BCUT2D eigenvalue weighted by atomic mass is 19.1. The Morgan fingerprint density at radius 1 is 1.44 bits per heavy atom. The van der Waals surface area contributed by atoms with E-state index in [9.17, 15) is 4.39 Å². The van der Waals surface area contributed by atoms with Gasteiger partial charge in [0.1, 0.15) is 0 Å². The second kappa shape index (κ2) is 3.55. The van der Waals surface area contributed by atoms with Gasteiger partial charge in [-0.3, -0.25) is 5.10 Å². The highest BCUT2D eigenvalue weighted by Crippen LogP contribution is 2.51. The second-order valence-electron chi connectivity index (χ2n) is 5.46. The monoisotopic (exact) mass is 223 g/mol. The third kappa shape index (κ3) is 1.39. The minimum absolute atomic E-state index is 0.155. The van der Waals surface area contributed by atoms with Crippen LogP contribution in [0.15, 0.2) is 6.20 Å². The maximum atomic E-state index is 13.5. The smallest absolute Gasteiger partial charge is 0.164 e. The van der Waals surface area contributed by atoms with E-state index in [0.29, 0.717) is 23.8 Å². The summed E-state index contributed by atoms with van der Waals surface area (Å²) in [5.41, 5.74) is 0.740. The zero-order valence-corrected chi connectivity index (χ0v) is 9.78. The van der Waals surface area contributed by atoms with Crippen LogP contribution in [0.4, 0.5) is 4.39 Å². The van der Waals surface area contributed by atoms with E-state index < -0.39 is 0 Å². The van der Waals surface area contributed by atoms with Crippen molar-refractivity contribution in [1.29, 1.82) is 0 Å². The molecule has 3 heterocycles. The van der Waals surface area contributed by atoms with Crippen molar-refractivity contribution < 1.29 is 4.39 Å². The largest absolute Gasteiger partial charge is 0.300 e. The van der Waals surface area contributed by atoms with Gasteiger partial charge in [-0.25, -0.2) is 4.39 Å². The van der Waals surface area contributed by atoms with Crippen LogP contribution in [0.2, 0.25) is 0 Å². The number of H-pyrrole nitrogens is 1. The molecule has 3 aliphatic rings. The summed E-state index contributed by atoms with van der Waals surface area (Å²) in [6, 6.07) is 0.609. The second-order valence-corrected chi connectivity index (χ2v) is 5.46. The van der Waals surface area contributed by atoms with Gasteiger partial charge in [-0.05, 0) is 32.1 Å². The number of hydrogen-bond donors (Lipinski definition) is 1. The van der Waals surface area contributed by atoms with E-state index in [1.54, 1.807) is 0 Å². The van der Waals surface area contributed by atoms with Crippen LogP contribution in [-0.4, -0.2) is 34.2 Å². The topological polar surface area (TPSA) is 31.9 Å². The Labute approximate surface area is 95.0 Å². The van der Waals surface area contributed by atoms with E-state index in [1.807, 2.05) is 0 Å². The number of rotatable bonds is 2. The number of aromatic amines is 1. The van der Waals surface area contributed by atoms with Gasteiger partial charge in [-0.2, -0.15) is 5.10 Å². The van der Waals surface area contributed by atoms with Crippen molar-refractivity contribution in [2.24, 2.45) is 11.8 Å². The van der Waals surface area contributed by atoms with Crippen molar-refractivity contribution >= 4 is 0 Å². The number of halogens is 1. The summed E-state index contributed by atoms with van der Waals surface area (Å²) >= 11 is 0. The summed E-state index contributed by atoms with van der Waals surface area (Å²) in [6.07, 6.45) is 2.55. The Morgan fingerprint density at radius 2 is 2.12 bits per heavy atom. The molecule has 1 saturated carbocycles. The Morgan fingerprint density at radius 3 is 2.62 bits per heavy atom. The lowest BCUT2D eigenvalue weighted by atomic mass is 9.60. The summed E-state index contributed by atoms with van der Waals surface area (Å²) in [4.78, 5) is 2.50. The first-order chi connectivity index (χ1) is 7.66. The van der Waals surface area contributed by atoms with Gasteiger partial charge in [0.05, 0.1) is 11.9 Å². The molecule has 0 aromatic carbocycles. The van der Waals surface area contributed by atoms with Gasteiger partial charge >= 0.3 is 0 Å². The molecule has 2 aliphatic heterocycles. The molecule has 0 spiro atoms. The van der Waals surface area contributed by atoms with Gasteiger partial charge in [-0.15, -0.1) is 0 Å². The lowest BCUT2D eigenvalue weighted by Crippen LogP contribution is -2.55. The maximum Gasteiger partial charge on any atom is 0.164 e. The van der Waals surface area contributed by atoms with Crippen LogP contribution in [0.25, 0.3) is 0 Å². The summed E-state index contributed by atoms with van der Waals surface area (Å²) in [5.74, 6) is 1.47. The Kier molecular flexibility index (Phi) is 2.28. The van der Waals surface area contributed by atoms with Gasteiger partial charge in [0.15, 0.2) is 5.82 Å². The molecule has 2 saturated heterocycles. The molecule has 3 fully saturated rings. The minimum Gasteiger partial charge on any atom is -0.300 e. The van der Waals surface area contributed by atoms with E-state index in [0.717, 1.165) is 18.8 Å². The van der Waals surface area contributed by atoms with Crippen LogP contribution in [0.5, 0.6) is 0 Å². The predicted molar refractivity (Wildman–Crippen MR) is 59.6 cm³/mol. The number of nitrogens with one attached hydrogen (secondary N) is 1. The molecule has 1 aromatic rings. The van der Waals surface area contributed by atoms with Gasteiger partial charge < -0.3 is 4.90 Å². The molecule has 2 bridgehead atoms. The number of nitrogens with zero attached hydrogens (tertiary/aromatic N) is 2. The van der Waals surface area contributed by atoms with Crippen molar-refractivity contribution in [3.63, 3.8) is 0 Å². The van der Waals surface area contributed by atoms with Crippen LogP contribution in [0.1, 0.15) is 31.9 Å². The van der Waals surface area contributed by atoms with E-state index in [-0.39, 0.29) is 5.82 Å². The Bertz CT molecular complexity index is 375. The average molecular weight is 223 g/mol. The number of piperidine rings is 2. The van der Waals surface area contributed by atoms with Crippen molar-refractivity contribution in [3.8, 4) is 0 Å². The van der Waals surface area contributed by atoms with Crippen LogP contribution < -0.4 is 0 Å². The molecule has 1 aliphatic carbocycles. The summed E-state index contributed by atoms with van der Waals surface area (Å²) in [5, 5.41) is 6.63. The lowest BCUT2D eigenvalue weighted by molar-refractivity contribution is -0.0190. The Balaban J connectivity index is 1.77. The first-order valence-corrected chi connectivity index (χ1v) is 6.09. The maximum absolute atomic E-state index is 13.5. The normalized spacial score (nSPS) is 34.1. The molecule has 4 rings (SSSR count). The van der Waals surface area contributed by atoms with Crippen molar-refractivity contribution in [2.45, 2.75) is 32.2 Å². The minimum atomic E-state index is -0.155. The molecule has 2 unspecified atom stereocenters. The molecule has 16 heavy (non-hydrogen) atoms. The molecular formula is C12H18FN3. The molecule has 3 nitrogen and oxygen atoms in total. The fraction of sp³-hybridized carbons (Fsp3) is 0.750. The standard InChI is InChI=1S/C12H18FN3/c1-7(2)16-5-8-3-9(6-16)11(8)12-10(13)4-14-15-12/h4,7-9,11H,3,5-6H2,1-2H3,(H,14,15). The molecule has 1 aromatic heterocycles. The fourth-order valence-corrected chi connectivity index (χ4v) is 3.33. The molecule has 0 amide bonds. The van der Waals surface area contributed by atoms with E-state index in [2.05, 4.69) is 28.9 Å². The summed E-state index contributed by atoms with van der Waals surface area (Å²) in [6.45, 7) is 6.68. The number of fused-ring (bicyclic) bond motifs is 2. The Hall–Kier alpha value is -0.900. The van der Waals surface area contributed by atoms with Gasteiger partial charge in [0, 0.05) is 25.0 Å². The van der Waals surface area contributed by atoms with Crippen molar-refractivity contribution in [3.05, 3.63) is 17.7 Å². The van der Waals surface area contributed by atoms with E-state index in [4.69, 9.17) is 0 Å². The first-order valence-electron chi connectivity index (χ1n) is 6.09. The van der Waals surface area contributed by atoms with Gasteiger partial charge in [-0.1, -0.05) is 0 Å². The molecule has 88 valence electrons. The molecular weight excluding hydrogens is 205 g/mol. The van der Waals surface area contributed by atoms with Gasteiger partial charge in [0.25, 0.3) is 0 Å². The van der Waals surface area contributed by atoms with Crippen LogP contribution in [0.3, 0.4) is 0 Å². The number of hydrogen-bond acceptors (Lipinski definition) is 2. The van der Waals surface area contributed by atoms with E-state index in [1.165, 1.54) is 12.6 Å². The summed E-state index contributed by atoms with van der Waals surface area (Å²) < 4.78 is 13.5. The summed E-state index contributed by atoms with van der Waals surface area (Å²) in [7, 11) is 0. The average Bonchev–Trinajstić information content (AvgIpc) is 2.65. The quantitative estimate of drug-likeness (QED) is 0.831. The molecule has 4 heteroatoms. The van der Waals surface area contributed by atoms with Crippen molar-refractivity contribution in [1.82, 2.24) is 15.1 Å². The zero-order chi connectivity index (χ0) is 11.3. The van der Waals surface area contributed by atoms with E-state index >= 15 is 0 Å². The van der Waals surface area contributed by atoms with Crippen LogP contribution in [0, 0.1) is 17.7 Å². The fourth-order valence-electron chi connectivity index (χ4n) is 3.33. The first kappa shape index (κ1) is 10.3. The molecule has 0 radical (unpaired) electrons. The third-order valence-electron chi connectivity index (χ3n) is 4.24. The molecule has 2 atom stereocenters.